The Bertz CT molecular complexity index is 7080. The topological polar surface area (TPSA) is 77.3 Å². The van der Waals surface area contributed by atoms with Crippen LogP contribution in [0.1, 0.15) is 173 Å². The number of rotatable bonds is 26. The van der Waals surface area contributed by atoms with Crippen LogP contribution in [0.3, 0.4) is 0 Å². The molecule has 23 rings (SSSR count). The van der Waals surface area contributed by atoms with E-state index in [0.717, 1.165) is 250 Å². The average molecular weight is 2270 g/mol. The zero-order valence-corrected chi connectivity index (χ0v) is 89.9. The van der Waals surface area contributed by atoms with Gasteiger partial charge in [0.05, 0.1) is 6.33 Å². The normalized spacial score (nSPS) is 14.2. The van der Waals surface area contributed by atoms with Crippen molar-refractivity contribution in [2.45, 2.75) is 182 Å². The van der Waals surface area contributed by atoms with Crippen LogP contribution in [0.25, 0.3) is 201 Å². The molecule has 0 spiro atoms. The molecule has 0 unspecified atom stereocenters. The Morgan fingerprint density at radius 3 is 0.520 bits per heavy atom. The first-order valence-electron chi connectivity index (χ1n) is 53.6. The van der Waals surface area contributed by atoms with Crippen LogP contribution < -0.4 is 0 Å². The second-order valence-corrected chi connectivity index (χ2v) is 41.9. The van der Waals surface area contributed by atoms with Gasteiger partial charge < -0.3 is 19.9 Å². The third-order valence-corrected chi connectivity index (χ3v) is 32.2. The summed E-state index contributed by atoms with van der Waals surface area (Å²) >= 11 is 0. The molecule has 4 fully saturated rings. The largest absolute Gasteiger partial charge is 3.00 e. The van der Waals surface area contributed by atoms with Gasteiger partial charge in [-0.25, -0.2) is 0 Å². The summed E-state index contributed by atoms with van der Waals surface area (Å²) in [6.45, 7) is 9.01. The number of nitrogens with zero attached hydrogens (tertiary/aromatic N) is 6. The molecule has 6 nitrogen and oxygen atoms in total. The van der Waals surface area contributed by atoms with Crippen molar-refractivity contribution >= 4 is 0 Å². The van der Waals surface area contributed by atoms with Crippen molar-refractivity contribution in [1.82, 2.24) is 29.9 Å². The smallest absolute Gasteiger partial charge is 0.304 e. The zero-order valence-electron chi connectivity index (χ0n) is 85.1. The summed E-state index contributed by atoms with van der Waals surface area (Å²) in [6, 6.07) is 140. The van der Waals surface area contributed by atoms with Crippen molar-refractivity contribution in [3.63, 3.8) is 0 Å². The molecule has 8 heteroatoms. The van der Waals surface area contributed by atoms with Gasteiger partial charge in [0.2, 0.25) is 0 Å². The maximum Gasteiger partial charge on any atom is 3.00 e. The summed E-state index contributed by atoms with van der Waals surface area (Å²) < 4.78 is 0. The minimum Gasteiger partial charge on any atom is -0.304 e. The predicted molar refractivity (Wildman–Crippen MR) is 604 cm³/mol. The van der Waals surface area contributed by atoms with Crippen LogP contribution in [-0.2, 0) is 65.9 Å². The second kappa shape index (κ2) is 46.2. The molecule has 0 atom stereocenters. The molecule has 4 aliphatic carbocycles. The predicted octanol–water partition coefficient (Wildman–Crippen LogP) is 36.6. The molecular weight excluding hydrogens is 2150 g/mol. The minimum absolute atomic E-state index is 0. The molecule has 5 heterocycles. The van der Waals surface area contributed by atoms with Gasteiger partial charge in [0, 0.05) is 24.8 Å². The van der Waals surface area contributed by atoms with Crippen LogP contribution in [0, 0.1) is 87.8 Å². The third-order valence-electron chi connectivity index (χ3n) is 32.2. The van der Waals surface area contributed by atoms with Gasteiger partial charge in [-0.05, 0) is 237 Å². The number of pyridine rings is 4. The fourth-order valence-electron chi connectivity index (χ4n) is 23.9. The quantitative estimate of drug-likeness (QED) is 0.0503. The molecular formula is C140H122Ir2N6. The van der Waals surface area contributed by atoms with Gasteiger partial charge in [-0.1, -0.05) is 393 Å². The average Bonchev–Trinajstić information content (AvgIpc) is 0.762. The monoisotopic (exact) mass is 2270 g/mol. The molecule has 19 aromatic rings. The summed E-state index contributed by atoms with van der Waals surface area (Å²) in [4.78, 5) is 30.1. The van der Waals surface area contributed by atoms with Gasteiger partial charge in [-0.2, -0.15) is 0 Å². The van der Waals surface area contributed by atoms with E-state index in [4.69, 9.17) is 29.9 Å². The third kappa shape index (κ3) is 22.4. The Hall–Kier alpha value is -13.9. The summed E-state index contributed by atoms with van der Waals surface area (Å²) in [5.41, 5.74) is 48.2. The Labute approximate surface area is 902 Å². The van der Waals surface area contributed by atoms with Crippen molar-refractivity contribution in [2.75, 3.05) is 0 Å². The minimum atomic E-state index is 0. The Morgan fingerprint density at radius 1 is 0.189 bits per heavy atom. The molecule has 730 valence electrons. The number of aromatic nitrogens is 6. The van der Waals surface area contributed by atoms with Gasteiger partial charge >= 0.3 is 40.2 Å². The van der Waals surface area contributed by atoms with Crippen LogP contribution >= 0.6 is 0 Å². The summed E-state index contributed by atoms with van der Waals surface area (Å²) in [5.74, 6) is 3.01. The first kappa shape index (κ1) is 100. The van der Waals surface area contributed by atoms with E-state index in [1.165, 1.54) is 173 Å². The molecule has 148 heavy (non-hydrogen) atoms. The number of benzene rings is 14. The number of aryl methyl sites for hydroxylation is 4. The second-order valence-electron chi connectivity index (χ2n) is 41.9. The van der Waals surface area contributed by atoms with Gasteiger partial charge in [0.1, 0.15) is 0 Å². The molecule has 0 bridgehead atoms. The van der Waals surface area contributed by atoms with Crippen molar-refractivity contribution in [3.8, 4) is 201 Å². The molecule has 4 aliphatic rings. The van der Waals surface area contributed by atoms with Crippen molar-refractivity contribution in [3.05, 3.63) is 434 Å². The molecule has 0 amide bonds. The molecule has 0 aliphatic heterocycles. The maximum atomic E-state index is 5.07. The standard InChI is InChI=1S/C140H122N6.2Ir/c1-93-73-135(141-88-119(93)77-97-29-9-5-10-30-97)107-61-49-101(50-62-107)123-37-17-23-43-129(123)113-81-114(130-44-24-18-38-124(130)102-51-63-108(64-52-102)136-74-94(2)120(89-142-136)78-98-31-11-6-12-32-98)84-117(83-113)133-47-27-21-41-127(133)105-57-69-111(70-58-105)139-87-140(146-92-145-139)112-71-59-106(60-72-112)128-42-22-28-48-134(128)118-85-115(131-45-25-19-39-125(131)103-53-65-109(66-54-103)137-75-95(3)121(90-143-137)79-99-33-13-7-14-34-99)82-116(86-118)132-46-26-20-40-126(132)104-55-67-110(68-56-104)138-76-96(4)122(91-144-138)80-100-35-15-8-16-36-100;;/h17-28,37-61,63,65,67,69,71,73-76,81-92,97-100H,5-16,29-36,77-80H2,1-4H3;;/q-6;2*+3. The van der Waals surface area contributed by atoms with E-state index in [0.29, 0.717) is 0 Å². The Balaban J connectivity index is 0.00000641. The summed E-state index contributed by atoms with van der Waals surface area (Å²) in [7, 11) is 0. The van der Waals surface area contributed by atoms with Crippen LogP contribution in [-0.4, -0.2) is 29.9 Å². The van der Waals surface area contributed by atoms with Gasteiger partial charge in [-0.15, -0.1) is 179 Å². The molecule has 0 saturated heterocycles. The van der Waals surface area contributed by atoms with Crippen LogP contribution in [0.4, 0.5) is 0 Å². The first-order chi connectivity index (χ1) is 71.9. The molecule has 0 N–H and O–H groups in total. The fourth-order valence-corrected chi connectivity index (χ4v) is 23.9. The first-order valence-corrected chi connectivity index (χ1v) is 53.6. The van der Waals surface area contributed by atoms with Gasteiger partial charge in [-0.3, -0.25) is 9.97 Å². The van der Waals surface area contributed by atoms with E-state index in [2.05, 4.69) is 410 Å². The van der Waals surface area contributed by atoms with E-state index < -0.39 is 0 Å². The Morgan fingerprint density at radius 2 is 0.358 bits per heavy atom. The van der Waals surface area contributed by atoms with Gasteiger partial charge in [0.25, 0.3) is 0 Å². The van der Waals surface area contributed by atoms with E-state index in [1.807, 2.05) is 0 Å². The molecule has 0 radical (unpaired) electrons. The summed E-state index contributed by atoms with van der Waals surface area (Å²) in [6.07, 6.45) is 41.4. The van der Waals surface area contributed by atoms with Crippen LogP contribution in [0.5, 0.6) is 0 Å². The van der Waals surface area contributed by atoms with Crippen molar-refractivity contribution in [2.24, 2.45) is 23.7 Å². The van der Waals surface area contributed by atoms with Crippen molar-refractivity contribution in [1.29, 1.82) is 0 Å². The number of hydrogen-bond acceptors (Lipinski definition) is 6. The van der Waals surface area contributed by atoms with E-state index in [9.17, 15) is 0 Å². The van der Waals surface area contributed by atoms with Crippen molar-refractivity contribution < 1.29 is 40.2 Å². The molecule has 4 saturated carbocycles. The van der Waals surface area contributed by atoms with E-state index >= 15 is 0 Å². The van der Waals surface area contributed by atoms with E-state index in [-0.39, 0.29) is 40.2 Å². The Kier molecular flexibility index (Phi) is 31.2. The fraction of sp³-hybridized carbons (Fsp3) is 0.229. The maximum absolute atomic E-state index is 5.07. The molecule has 14 aromatic carbocycles. The van der Waals surface area contributed by atoms with Gasteiger partial charge in [0.15, 0.2) is 0 Å². The van der Waals surface area contributed by atoms with E-state index in [1.54, 1.807) is 6.33 Å². The van der Waals surface area contributed by atoms with Crippen LogP contribution in [0.2, 0.25) is 0 Å². The number of hydrogen-bond donors (Lipinski definition) is 0. The zero-order chi connectivity index (χ0) is 98.2. The molecule has 5 aromatic heterocycles. The SMILES string of the molecule is Cc1cc(-c2[c-]cc(-c3ccccc3-c3cc(-c4ccccc4-c4c[c-]c(-c5cc(-c6[c-]cc(-c7ccccc7-c7cc(-c8ccccc8-c8c[c-]c(-c9cc(C)c(CC%10CCCCC%10)cn9)cc8)cc(-c8ccccc8-c8c[c-]c(-c9cc(C)c(CC%10CCCCC%10)cn9)cc8)c7)cc6)ncn5)cc4)cc(-c4ccccc4-c4c[c-]c(-c5cc(C)c(CC6CCCCC6)cn5)cc4)c3)cc2)ncc1CC1CCCCC1.[Ir+3].[Ir+3]. The summed E-state index contributed by atoms with van der Waals surface area (Å²) in [5, 5.41) is 0. The van der Waals surface area contributed by atoms with Crippen LogP contribution in [0.15, 0.2) is 353 Å².